The van der Waals surface area contributed by atoms with Crippen molar-refractivity contribution in [1.82, 2.24) is 0 Å². The first-order valence-corrected chi connectivity index (χ1v) is 8.20. The first-order chi connectivity index (χ1) is 10.6. The van der Waals surface area contributed by atoms with E-state index in [2.05, 4.69) is 32.9 Å². The third-order valence-corrected chi connectivity index (χ3v) is 4.25. The van der Waals surface area contributed by atoms with Gasteiger partial charge in [0.05, 0.1) is 0 Å². The van der Waals surface area contributed by atoms with E-state index in [9.17, 15) is 10.2 Å². The summed E-state index contributed by atoms with van der Waals surface area (Å²) >= 11 is 0. The van der Waals surface area contributed by atoms with Crippen LogP contribution in [-0.4, -0.2) is 10.2 Å². The Morgan fingerprint density at radius 2 is 1.18 bits per heavy atom. The number of hydrogen-bond donors (Lipinski definition) is 2. The highest BCUT2D eigenvalue weighted by atomic mass is 16.3. The predicted molar refractivity (Wildman–Crippen MR) is 91.7 cm³/mol. The Bertz CT molecular complexity index is 576. The van der Waals surface area contributed by atoms with Crippen molar-refractivity contribution in [3.05, 3.63) is 58.7 Å². The summed E-state index contributed by atoms with van der Waals surface area (Å²) in [7, 11) is 0. The number of hydrogen-bond acceptors (Lipinski definition) is 2. The molecule has 2 N–H and O–H groups in total. The van der Waals surface area contributed by atoms with Crippen LogP contribution in [0.4, 0.5) is 0 Å². The molecular formula is C20H26O2. The number of rotatable bonds is 6. The monoisotopic (exact) mass is 298 g/mol. The molecule has 0 amide bonds. The zero-order chi connectivity index (χ0) is 16.1. The molecule has 22 heavy (non-hydrogen) atoms. The van der Waals surface area contributed by atoms with Crippen molar-refractivity contribution in [2.75, 3.05) is 0 Å². The molecule has 0 fully saturated rings. The molecule has 0 unspecified atom stereocenters. The number of aromatic hydroxyl groups is 2. The molecular weight excluding hydrogens is 272 g/mol. The molecule has 0 aliphatic rings. The van der Waals surface area contributed by atoms with Gasteiger partial charge in [0.1, 0.15) is 11.5 Å². The lowest BCUT2D eigenvalue weighted by molar-refractivity contribution is 0.467. The Balaban J connectivity index is 2.33. The predicted octanol–water partition coefficient (Wildman–Crippen LogP) is 5.15. The van der Waals surface area contributed by atoms with Gasteiger partial charge < -0.3 is 10.2 Å². The van der Waals surface area contributed by atoms with Gasteiger partial charge in [-0.1, -0.05) is 57.9 Å². The molecule has 0 aliphatic heterocycles. The molecule has 0 bridgehead atoms. The lowest BCUT2D eigenvalue weighted by atomic mass is 9.89. The smallest absolute Gasteiger partial charge is 0.118 e. The minimum Gasteiger partial charge on any atom is -0.508 e. The fourth-order valence-corrected chi connectivity index (χ4v) is 2.88. The van der Waals surface area contributed by atoms with E-state index in [0.717, 1.165) is 36.8 Å². The van der Waals surface area contributed by atoms with Crippen LogP contribution in [0.3, 0.4) is 0 Å². The third-order valence-electron chi connectivity index (χ3n) is 4.25. The van der Waals surface area contributed by atoms with E-state index in [0.29, 0.717) is 11.5 Å². The molecule has 0 radical (unpaired) electrons. The standard InChI is InChI=1S/C20H26O2/c1-4-6-17-12-15(8-10-19(17)21)14(3)16-9-11-20(22)18(13-16)7-5-2/h8-14,21-22H,4-7H2,1-3H3. The van der Waals surface area contributed by atoms with E-state index in [1.807, 2.05) is 12.1 Å². The van der Waals surface area contributed by atoms with Crippen LogP contribution in [0.1, 0.15) is 61.8 Å². The second kappa shape index (κ2) is 7.35. The Labute approximate surface area is 133 Å². The van der Waals surface area contributed by atoms with Gasteiger partial charge in [0.25, 0.3) is 0 Å². The number of benzene rings is 2. The first kappa shape index (κ1) is 16.4. The molecule has 118 valence electrons. The SMILES string of the molecule is CCCc1cc(C(C)c2ccc(O)c(CCC)c2)ccc1O. The second-order valence-electron chi connectivity index (χ2n) is 6.00. The van der Waals surface area contributed by atoms with Gasteiger partial charge in [-0.25, -0.2) is 0 Å². The van der Waals surface area contributed by atoms with Crippen molar-refractivity contribution in [2.45, 2.75) is 52.4 Å². The Morgan fingerprint density at radius 1 is 0.773 bits per heavy atom. The van der Waals surface area contributed by atoms with E-state index in [1.54, 1.807) is 12.1 Å². The summed E-state index contributed by atoms with van der Waals surface area (Å²) in [5.41, 5.74) is 4.43. The maximum Gasteiger partial charge on any atom is 0.118 e. The van der Waals surface area contributed by atoms with Crippen LogP contribution in [0.15, 0.2) is 36.4 Å². The van der Waals surface area contributed by atoms with Crippen molar-refractivity contribution in [1.29, 1.82) is 0 Å². The topological polar surface area (TPSA) is 40.5 Å². The van der Waals surface area contributed by atoms with Crippen LogP contribution in [0.2, 0.25) is 0 Å². The quantitative estimate of drug-likeness (QED) is 0.773. The normalized spacial score (nSPS) is 11.1. The van der Waals surface area contributed by atoms with Gasteiger partial charge in [-0.3, -0.25) is 0 Å². The highest BCUT2D eigenvalue weighted by Crippen LogP contribution is 2.31. The summed E-state index contributed by atoms with van der Waals surface area (Å²) in [4.78, 5) is 0. The molecule has 0 saturated heterocycles. The first-order valence-electron chi connectivity index (χ1n) is 8.20. The summed E-state index contributed by atoms with van der Waals surface area (Å²) in [6.45, 7) is 6.41. The van der Waals surface area contributed by atoms with Crippen LogP contribution in [-0.2, 0) is 12.8 Å². The minimum absolute atomic E-state index is 0.243. The van der Waals surface area contributed by atoms with E-state index in [4.69, 9.17) is 0 Å². The highest BCUT2D eigenvalue weighted by molar-refractivity contribution is 5.44. The number of aryl methyl sites for hydroxylation is 2. The average Bonchev–Trinajstić information content (AvgIpc) is 2.51. The van der Waals surface area contributed by atoms with E-state index >= 15 is 0 Å². The van der Waals surface area contributed by atoms with Crippen molar-refractivity contribution in [3.63, 3.8) is 0 Å². The molecule has 2 aromatic carbocycles. The van der Waals surface area contributed by atoms with Gasteiger partial charge in [0.2, 0.25) is 0 Å². The summed E-state index contributed by atoms with van der Waals surface area (Å²) in [6, 6.07) is 11.8. The second-order valence-corrected chi connectivity index (χ2v) is 6.00. The lowest BCUT2D eigenvalue weighted by Gasteiger charge is -2.16. The fourth-order valence-electron chi connectivity index (χ4n) is 2.88. The molecule has 0 aliphatic carbocycles. The average molecular weight is 298 g/mol. The summed E-state index contributed by atoms with van der Waals surface area (Å²) < 4.78 is 0. The fraction of sp³-hybridized carbons (Fsp3) is 0.400. The maximum absolute atomic E-state index is 9.94. The van der Waals surface area contributed by atoms with Gasteiger partial charge in [-0.2, -0.15) is 0 Å². The van der Waals surface area contributed by atoms with Crippen molar-refractivity contribution in [3.8, 4) is 11.5 Å². The van der Waals surface area contributed by atoms with Crippen molar-refractivity contribution < 1.29 is 10.2 Å². The summed E-state index contributed by atoms with van der Waals surface area (Å²) in [5, 5.41) is 19.9. The summed E-state index contributed by atoms with van der Waals surface area (Å²) in [5.74, 6) is 1.01. The Morgan fingerprint density at radius 3 is 1.55 bits per heavy atom. The van der Waals surface area contributed by atoms with Gasteiger partial charge in [-0.15, -0.1) is 0 Å². The largest absolute Gasteiger partial charge is 0.508 e. The van der Waals surface area contributed by atoms with Gasteiger partial charge in [-0.05, 0) is 47.2 Å². The van der Waals surface area contributed by atoms with Crippen LogP contribution in [0.5, 0.6) is 11.5 Å². The highest BCUT2D eigenvalue weighted by Gasteiger charge is 2.13. The third kappa shape index (κ3) is 3.62. The molecule has 0 aromatic heterocycles. The maximum atomic E-state index is 9.94. The van der Waals surface area contributed by atoms with Crippen LogP contribution < -0.4 is 0 Å². The minimum atomic E-state index is 0.243. The molecule has 0 heterocycles. The van der Waals surface area contributed by atoms with E-state index in [-0.39, 0.29) is 5.92 Å². The summed E-state index contributed by atoms with van der Waals surface area (Å²) in [6.07, 6.45) is 3.82. The molecule has 2 rings (SSSR count). The number of phenols is 2. The van der Waals surface area contributed by atoms with Crippen LogP contribution in [0.25, 0.3) is 0 Å². The zero-order valence-corrected chi connectivity index (χ0v) is 13.8. The molecule has 2 nitrogen and oxygen atoms in total. The number of phenolic OH excluding ortho intramolecular Hbond substituents is 2. The molecule has 0 saturated carbocycles. The van der Waals surface area contributed by atoms with Gasteiger partial charge >= 0.3 is 0 Å². The lowest BCUT2D eigenvalue weighted by Crippen LogP contribution is -1.99. The Kier molecular flexibility index (Phi) is 5.48. The molecule has 0 atom stereocenters. The molecule has 2 heteroatoms. The Hall–Kier alpha value is -1.96. The van der Waals surface area contributed by atoms with E-state index < -0.39 is 0 Å². The van der Waals surface area contributed by atoms with Gasteiger partial charge in [0.15, 0.2) is 0 Å². The molecule has 2 aromatic rings. The van der Waals surface area contributed by atoms with Crippen molar-refractivity contribution in [2.24, 2.45) is 0 Å². The van der Waals surface area contributed by atoms with Crippen molar-refractivity contribution >= 4 is 0 Å². The molecule has 0 spiro atoms. The van der Waals surface area contributed by atoms with Crippen LogP contribution in [0, 0.1) is 0 Å². The zero-order valence-electron chi connectivity index (χ0n) is 13.8. The van der Waals surface area contributed by atoms with Crippen LogP contribution >= 0.6 is 0 Å². The van der Waals surface area contributed by atoms with E-state index in [1.165, 1.54) is 11.1 Å². The van der Waals surface area contributed by atoms with Gasteiger partial charge in [0, 0.05) is 5.92 Å².